The number of nitrogens with one attached hydrogen (secondary N) is 2. The van der Waals surface area contributed by atoms with Crippen LogP contribution >= 0.6 is 15.9 Å². The van der Waals surface area contributed by atoms with Gasteiger partial charge >= 0.3 is 0 Å². The number of benzene rings is 1. The lowest BCUT2D eigenvalue weighted by Crippen LogP contribution is -2.31. The highest BCUT2D eigenvalue weighted by Crippen LogP contribution is 2.26. The maximum atomic E-state index is 11.2. The summed E-state index contributed by atoms with van der Waals surface area (Å²) in [6.45, 7) is 3.03. The first-order chi connectivity index (χ1) is 8.97. The number of primary sulfonamides is 1. The average molecular weight is 348 g/mol. The van der Waals surface area contributed by atoms with Gasteiger partial charge in [-0.05, 0) is 66.0 Å². The van der Waals surface area contributed by atoms with E-state index in [4.69, 9.17) is 5.14 Å². The van der Waals surface area contributed by atoms with E-state index in [0.29, 0.717) is 10.4 Å². The molecule has 1 saturated heterocycles. The molecule has 0 aromatic heterocycles. The second kappa shape index (κ2) is 6.21. The van der Waals surface area contributed by atoms with Crippen LogP contribution in [0.2, 0.25) is 0 Å². The Hall–Kier alpha value is -0.630. The second-order valence-electron chi connectivity index (χ2n) is 4.76. The molecule has 0 saturated carbocycles. The standard InChI is InChI=1S/C12H18BrN3O2S/c13-11-7-10(19(14,17)18)1-2-12(11)16-8-9-3-5-15-6-4-9/h1-2,7,9,15-16H,3-6,8H2,(H2,14,17,18). The van der Waals surface area contributed by atoms with Crippen molar-refractivity contribution in [2.24, 2.45) is 11.1 Å². The Morgan fingerprint density at radius 1 is 1.37 bits per heavy atom. The zero-order chi connectivity index (χ0) is 13.9. The predicted molar refractivity (Wildman–Crippen MR) is 79.6 cm³/mol. The van der Waals surface area contributed by atoms with Gasteiger partial charge in [0, 0.05) is 16.7 Å². The van der Waals surface area contributed by atoms with Crippen molar-refractivity contribution in [2.45, 2.75) is 17.7 Å². The third kappa shape index (κ3) is 4.17. The maximum absolute atomic E-state index is 11.2. The normalized spacial score (nSPS) is 17.4. The fraction of sp³-hybridized carbons (Fsp3) is 0.500. The summed E-state index contributed by atoms with van der Waals surface area (Å²) >= 11 is 3.37. The minimum absolute atomic E-state index is 0.117. The van der Waals surface area contributed by atoms with Crippen molar-refractivity contribution in [1.29, 1.82) is 0 Å². The predicted octanol–water partition coefficient (Wildman–Crippen LogP) is 1.51. The van der Waals surface area contributed by atoms with Crippen LogP contribution in [-0.4, -0.2) is 28.1 Å². The Morgan fingerprint density at radius 2 is 2.05 bits per heavy atom. The van der Waals surface area contributed by atoms with Crippen molar-refractivity contribution in [2.75, 3.05) is 25.0 Å². The number of rotatable bonds is 4. The van der Waals surface area contributed by atoms with Crippen molar-refractivity contribution in [3.05, 3.63) is 22.7 Å². The molecule has 1 fully saturated rings. The molecule has 0 amide bonds. The smallest absolute Gasteiger partial charge is 0.238 e. The lowest BCUT2D eigenvalue weighted by molar-refractivity contribution is 0.390. The van der Waals surface area contributed by atoms with Crippen molar-refractivity contribution < 1.29 is 8.42 Å². The lowest BCUT2D eigenvalue weighted by atomic mass is 9.98. The van der Waals surface area contributed by atoms with Gasteiger partial charge in [-0.3, -0.25) is 0 Å². The summed E-state index contributed by atoms with van der Waals surface area (Å²) in [6, 6.07) is 4.79. The van der Waals surface area contributed by atoms with Crippen LogP contribution in [0.25, 0.3) is 0 Å². The summed E-state index contributed by atoms with van der Waals surface area (Å²) in [6.07, 6.45) is 2.33. The fourth-order valence-electron chi connectivity index (χ4n) is 2.16. The zero-order valence-corrected chi connectivity index (χ0v) is 12.9. The van der Waals surface area contributed by atoms with E-state index in [1.807, 2.05) is 0 Å². The number of hydrogen-bond acceptors (Lipinski definition) is 4. The maximum Gasteiger partial charge on any atom is 0.238 e. The van der Waals surface area contributed by atoms with Gasteiger partial charge in [0.1, 0.15) is 0 Å². The van der Waals surface area contributed by atoms with Crippen LogP contribution in [0, 0.1) is 5.92 Å². The van der Waals surface area contributed by atoms with Crippen LogP contribution in [0.5, 0.6) is 0 Å². The van der Waals surface area contributed by atoms with Crippen LogP contribution in [0.15, 0.2) is 27.6 Å². The number of nitrogens with two attached hydrogens (primary N) is 1. The summed E-state index contributed by atoms with van der Waals surface area (Å²) in [5, 5.41) is 11.8. The van der Waals surface area contributed by atoms with Gasteiger partial charge in [0.25, 0.3) is 0 Å². The Bertz CT molecular complexity index is 542. The van der Waals surface area contributed by atoms with E-state index in [-0.39, 0.29) is 4.90 Å². The molecule has 0 bridgehead atoms. The minimum atomic E-state index is -3.64. The summed E-state index contributed by atoms with van der Waals surface area (Å²) in [5.74, 6) is 0.658. The van der Waals surface area contributed by atoms with Gasteiger partial charge in [-0.25, -0.2) is 13.6 Å². The van der Waals surface area contributed by atoms with Crippen LogP contribution < -0.4 is 15.8 Å². The first-order valence-corrected chi connectivity index (χ1v) is 8.57. The number of piperidine rings is 1. The Labute approximate surface area is 122 Å². The Morgan fingerprint density at radius 3 is 2.63 bits per heavy atom. The van der Waals surface area contributed by atoms with Gasteiger partial charge in [-0.15, -0.1) is 0 Å². The van der Waals surface area contributed by atoms with Gasteiger partial charge in [0.2, 0.25) is 10.0 Å². The van der Waals surface area contributed by atoms with Crippen molar-refractivity contribution in [1.82, 2.24) is 5.32 Å². The van der Waals surface area contributed by atoms with Gasteiger partial charge < -0.3 is 10.6 Å². The molecule has 0 aliphatic carbocycles. The molecule has 2 rings (SSSR count). The highest BCUT2D eigenvalue weighted by atomic mass is 79.9. The molecular weight excluding hydrogens is 330 g/mol. The zero-order valence-electron chi connectivity index (χ0n) is 10.5. The molecule has 0 atom stereocenters. The lowest BCUT2D eigenvalue weighted by Gasteiger charge is -2.23. The van der Waals surface area contributed by atoms with E-state index < -0.39 is 10.0 Å². The summed E-state index contributed by atoms with van der Waals surface area (Å²) < 4.78 is 23.2. The van der Waals surface area contributed by atoms with Crippen LogP contribution in [0.4, 0.5) is 5.69 Å². The first kappa shape index (κ1) is 14.8. The molecule has 1 aliphatic heterocycles. The fourth-order valence-corrected chi connectivity index (χ4v) is 3.37. The summed E-state index contributed by atoms with van der Waals surface area (Å²) in [7, 11) is -3.64. The highest BCUT2D eigenvalue weighted by Gasteiger charge is 2.14. The molecule has 1 aliphatic rings. The van der Waals surface area contributed by atoms with Crippen molar-refractivity contribution >= 4 is 31.6 Å². The molecule has 1 aromatic rings. The molecular formula is C12H18BrN3O2S. The average Bonchev–Trinajstić information content (AvgIpc) is 2.37. The largest absolute Gasteiger partial charge is 0.384 e. The van der Waals surface area contributed by atoms with E-state index in [1.165, 1.54) is 25.0 Å². The van der Waals surface area contributed by atoms with E-state index in [0.717, 1.165) is 25.3 Å². The SMILES string of the molecule is NS(=O)(=O)c1ccc(NCC2CCNCC2)c(Br)c1. The number of anilines is 1. The number of halogens is 1. The van der Waals surface area contributed by atoms with Crippen molar-refractivity contribution in [3.63, 3.8) is 0 Å². The third-order valence-electron chi connectivity index (χ3n) is 3.31. The molecule has 5 nitrogen and oxygen atoms in total. The molecule has 0 radical (unpaired) electrons. The molecule has 1 aromatic carbocycles. The van der Waals surface area contributed by atoms with Gasteiger partial charge in [0.05, 0.1) is 4.90 Å². The topological polar surface area (TPSA) is 84.2 Å². The molecule has 7 heteroatoms. The van der Waals surface area contributed by atoms with Gasteiger partial charge in [-0.2, -0.15) is 0 Å². The van der Waals surface area contributed by atoms with Crippen molar-refractivity contribution in [3.8, 4) is 0 Å². The molecule has 1 heterocycles. The first-order valence-electron chi connectivity index (χ1n) is 6.24. The minimum Gasteiger partial charge on any atom is -0.384 e. The molecule has 0 spiro atoms. The molecule has 106 valence electrons. The van der Waals surface area contributed by atoms with E-state index in [9.17, 15) is 8.42 Å². The summed E-state index contributed by atoms with van der Waals surface area (Å²) in [4.78, 5) is 0.117. The molecule has 4 N–H and O–H groups in total. The van der Waals surface area contributed by atoms with Gasteiger partial charge in [0.15, 0.2) is 0 Å². The molecule has 19 heavy (non-hydrogen) atoms. The summed E-state index contributed by atoms with van der Waals surface area (Å²) in [5.41, 5.74) is 0.894. The van der Waals surface area contributed by atoms with Crippen LogP contribution in [0.3, 0.4) is 0 Å². The van der Waals surface area contributed by atoms with Gasteiger partial charge in [-0.1, -0.05) is 0 Å². The Kier molecular flexibility index (Phi) is 4.83. The van der Waals surface area contributed by atoms with Crippen LogP contribution in [-0.2, 0) is 10.0 Å². The monoisotopic (exact) mass is 347 g/mol. The van der Waals surface area contributed by atoms with E-state index >= 15 is 0 Å². The highest BCUT2D eigenvalue weighted by molar-refractivity contribution is 9.10. The number of sulfonamides is 1. The van der Waals surface area contributed by atoms with E-state index in [1.54, 1.807) is 6.07 Å². The van der Waals surface area contributed by atoms with E-state index in [2.05, 4.69) is 26.6 Å². The quantitative estimate of drug-likeness (QED) is 0.770. The third-order valence-corrected chi connectivity index (χ3v) is 4.88. The van der Waals surface area contributed by atoms with Crippen LogP contribution in [0.1, 0.15) is 12.8 Å². The molecule has 0 unspecified atom stereocenters. The number of hydrogen-bond donors (Lipinski definition) is 3. The second-order valence-corrected chi connectivity index (χ2v) is 7.18. The Balaban J connectivity index is 2.01.